The highest BCUT2D eigenvalue weighted by Gasteiger charge is 2.25. The summed E-state index contributed by atoms with van der Waals surface area (Å²) in [5.74, 6) is 0.677. The Balaban J connectivity index is 1.63. The van der Waals surface area contributed by atoms with Crippen molar-refractivity contribution < 1.29 is 8.78 Å². The molecule has 4 aromatic rings. The molecule has 0 saturated carbocycles. The second kappa shape index (κ2) is 7.74. The minimum atomic E-state index is -2.60. The van der Waals surface area contributed by atoms with Crippen LogP contribution in [0.3, 0.4) is 0 Å². The Morgan fingerprint density at radius 2 is 2.06 bits per heavy atom. The average Bonchev–Trinajstić information content (AvgIpc) is 3.43. The van der Waals surface area contributed by atoms with Crippen LogP contribution in [0.2, 0.25) is 0 Å². The maximum absolute atomic E-state index is 14.1. The largest absolute Gasteiger partial charge is 0.387 e. The predicted molar refractivity (Wildman–Crippen MR) is 120 cm³/mol. The molecule has 9 heteroatoms. The van der Waals surface area contributed by atoms with Crippen molar-refractivity contribution in [3.8, 4) is 11.1 Å². The van der Waals surface area contributed by atoms with Gasteiger partial charge in [-0.1, -0.05) is 6.58 Å². The lowest BCUT2D eigenvalue weighted by Crippen LogP contribution is -2.26. The highest BCUT2D eigenvalue weighted by Crippen LogP contribution is 2.40. The first-order valence-corrected chi connectivity index (χ1v) is 10.4. The molecule has 0 bridgehead atoms. The Morgan fingerprint density at radius 1 is 1.22 bits per heavy atom. The molecule has 1 aliphatic rings. The summed E-state index contributed by atoms with van der Waals surface area (Å²) in [7, 11) is 3.57. The topological polar surface area (TPSA) is 63.3 Å². The molecule has 0 radical (unpaired) electrons. The number of hydrogen-bond acceptors (Lipinski definition) is 5. The lowest BCUT2D eigenvalue weighted by molar-refractivity contribution is 0.152. The lowest BCUT2D eigenvalue weighted by atomic mass is 9.93. The molecule has 164 valence electrons. The first-order chi connectivity index (χ1) is 15.5. The molecule has 3 aromatic heterocycles. The fraction of sp³-hybridized carbons (Fsp3) is 0.261. The lowest BCUT2D eigenvalue weighted by Gasteiger charge is -2.31. The van der Waals surface area contributed by atoms with Crippen molar-refractivity contribution in [1.82, 2.24) is 29.7 Å². The zero-order valence-electron chi connectivity index (χ0n) is 17.9. The molecule has 4 heterocycles. The summed E-state index contributed by atoms with van der Waals surface area (Å²) in [4.78, 5) is 6.38. The number of nitrogens with zero attached hydrogens (tertiary/aromatic N) is 6. The number of rotatable bonds is 5. The van der Waals surface area contributed by atoms with Crippen molar-refractivity contribution in [2.45, 2.75) is 19.3 Å². The Kier molecular flexibility index (Phi) is 4.88. The van der Waals surface area contributed by atoms with E-state index >= 15 is 0 Å². The van der Waals surface area contributed by atoms with E-state index < -0.39 is 6.43 Å². The van der Waals surface area contributed by atoms with Gasteiger partial charge in [0.1, 0.15) is 5.69 Å². The van der Waals surface area contributed by atoms with E-state index in [0.29, 0.717) is 34.8 Å². The van der Waals surface area contributed by atoms with Crippen molar-refractivity contribution in [2.24, 2.45) is 7.05 Å². The third-order valence-electron chi connectivity index (χ3n) is 5.86. The summed E-state index contributed by atoms with van der Waals surface area (Å²) >= 11 is 0. The molecule has 32 heavy (non-hydrogen) atoms. The van der Waals surface area contributed by atoms with Crippen LogP contribution < -0.4 is 10.2 Å². The van der Waals surface area contributed by atoms with Crippen LogP contribution in [0.15, 0.2) is 49.4 Å². The van der Waals surface area contributed by atoms with Crippen LogP contribution in [-0.4, -0.2) is 38.0 Å². The molecule has 0 atom stereocenters. The molecule has 0 spiro atoms. The Hall–Kier alpha value is -3.75. The second-order valence-electron chi connectivity index (χ2n) is 7.86. The van der Waals surface area contributed by atoms with Gasteiger partial charge in [0.25, 0.3) is 6.43 Å². The van der Waals surface area contributed by atoms with E-state index in [4.69, 9.17) is 5.10 Å². The first kappa shape index (κ1) is 20.2. The van der Waals surface area contributed by atoms with Gasteiger partial charge in [0.05, 0.1) is 18.1 Å². The average molecular weight is 435 g/mol. The molecule has 0 aliphatic carbocycles. The normalized spacial score (nSPS) is 13.6. The van der Waals surface area contributed by atoms with E-state index in [0.717, 1.165) is 29.8 Å². The number of halogens is 2. The van der Waals surface area contributed by atoms with E-state index in [-0.39, 0.29) is 5.56 Å². The molecule has 5 rings (SSSR count). The van der Waals surface area contributed by atoms with Gasteiger partial charge in [-0.15, -0.1) is 5.10 Å². The fourth-order valence-corrected chi connectivity index (χ4v) is 4.22. The zero-order valence-corrected chi connectivity index (χ0v) is 17.9. The molecule has 0 saturated heterocycles. The Labute approximate surface area is 184 Å². The minimum absolute atomic E-state index is 0.00314. The molecule has 1 aliphatic heterocycles. The van der Waals surface area contributed by atoms with Gasteiger partial charge in [-0.3, -0.25) is 4.68 Å². The number of alkyl halides is 2. The maximum Gasteiger partial charge on any atom is 0.264 e. The Bertz CT molecular complexity index is 1320. The fourth-order valence-electron chi connectivity index (χ4n) is 4.22. The quantitative estimate of drug-likeness (QED) is 0.505. The van der Waals surface area contributed by atoms with Gasteiger partial charge in [-0.2, -0.15) is 5.10 Å². The molecule has 0 amide bonds. The van der Waals surface area contributed by atoms with Crippen molar-refractivity contribution in [2.75, 3.05) is 18.5 Å². The molecular formula is C23H23F2N7. The summed E-state index contributed by atoms with van der Waals surface area (Å²) in [6.45, 7) is 4.69. The number of aromatic nitrogens is 5. The molecule has 1 aromatic carbocycles. The van der Waals surface area contributed by atoms with Crippen molar-refractivity contribution in [1.29, 1.82) is 0 Å². The highest BCUT2D eigenvalue weighted by molar-refractivity contribution is 5.76. The van der Waals surface area contributed by atoms with Crippen LogP contribution in [-0.2, 0) is 13.5 Å². The predicted octanol–water partition coefficient (Wildman–Crippen LogP) is 4.34. The molecule has 7 nitrogen and oxygen atoms in total. The van der Waals surface area contributed by atoms with Crippen LogP contribution in [0.4, 0.5) is 20.3 Å². The van der Waals surface area contributed by atoms with Gasteiger partial charge in [-0.05, 0) is 48.2 Å². The van der Waals surface area contributed by atoms with E-state index in [1.807, 2.05) is 23.1 Å². The number of benzene rings is 1. The van der Waals surface area contributed by atoms with Gasteiger partial charge < -0.3 is 10.2 Å². The SMILES string of the molecule is C=C(NC)c1cnc2ccc(N3CCCc4cc(-c5cnn(C)c5)c(C(F)F)cc43)nn12. The monoisotopic (exact) mass is 435 g/mol. The summed E-state index contributed by atoms with van der Waals surface area (Å²) in [6, 6.07) is 7.24. The van der Waals surface area contributed by atoms with Crippen molar-refractivity contribution in [3.05, 3.63) is 66.3 Å². The van der Waals surface area contributed by atoms with Gasteiger partial charge >= 0.3 is 0 Å². The summed E-state index contributed by atoms with van der Waals surface area (Å²) < 4.78 is 31.5. The molecule has 0 unspecified atom stereocenters. The second-order valence-corrected chi connectivity index (χ2v) is 7.86. The number of imidazole rings is 1. The molecular weight excluding hydrogens is 412 g/mol. The van der Waals surface area contributed by atoms with E-state index in [9.17, 15) is 8.78 Å². The van der Waals surface area contributed by atoms with E-state index in [1.54, 1.807) is 47.9 Å². The minimum Gasteiger partial charge on any atom is -0.387 e. The maximum atomic E-state index is 14.1. The third kappa shape index (κ3) is 3.30. The molecule has 1 N–H and O–H groups in total. The summed E-state index contributed by atoms with van der Waals surface area (Å²) in [6.07, 6.45) is 4.21. The number of anilines is 2. The highest BCUT2D eigenvalue weighted by atomic mass is 19.3. The van der Waals surface area contributed by atoms with Crippen LogP contribution in [0.1, 0.15) is 29.7 Å². The summed E-state index contributed by atoms with van der Waals surface area (Å²) in [5.41, 5.74) is 5.14. The smallest absolute Gasteiger partial charge is 0.264 e. The van der Waals surface area contributed by atoms with Gasteiger partial charge in [0, 0.05) is 43.7 Å². The van der Waals surface area contributed by atoms with Crippen molar-refractivity contribution >= 4 is 22.8 Å². The number of nitrogens with one attached hydrogen (secondary N) is 1. The van der Waals surface area contributed by atoms with Crippen LogP contribution >= 0.6 is 0 Å². The first-order valence-electron chi connectivity index (χ1n) is 10.4. The van der Waals surface area contributed by atoms with Gasteiger partial charge in [0.2, 0.25) is 0 Å². The zero-order chi connectivity index (χ0) is 22.4. The van der Waals surface area contributed by atoms with E-state index in [2.05, 4.69) is 22.0 Å². The standard InChI is InChI=1S/C23H23F2N7/c1-14(26-2)20-12-27-21-6-7-22(29-32(20)21)31-8-4-5-15-9-17(16-11-28-30(3)13-16)18(23(24)25)10-19(15)31/h6-7,9-13,23,26H,1,4-5,8H2,2-3H3. The Morgan fingerprint density at radius 3 is 2.78 bits per heavy atom. The number of hydrogen-bond donors (Lipinski definition) is 1. The van der Waals surface area contributed by atoms with Gasteiger partial charge in [-0.25, -0.2) is 18.3 Å². The third-order valence-corrected chi connectivity index (χ3v) is 5.86. The van der Waals surface area contributed by atoms with Gasteiger partial charge in [0.15, 0.2) is 11.5 Å². The van der Waals surface area contributed by atoms with Crippen molar-refractivity contribution in [3.63, 3.8) is 0 Å². The van der Waals surface area contributed by atoms with Crippen LogP contribution in [0, 0.1) is 0 Å². The van der Waals surface area contributed by atoms with Crippen LogP contribution in [0.25, 0.3) is 22.5 Å². The number of aryl methyl sites for hydroxylation is 2. The number of fused-ring (bicyclic) bond motifs is 2. The summed E-state index contributed by atoms with van der Waals surface area (Å²) in [5, 5.41) is 11.9. The van der Waals surface area contributed by atoms with E-state index in [1.165, 1.54) is 0 Å². The molecule has 0 fully saturated rings. The van der Waals surface area contributed by atoms with Crippen LogP contribution in [0.5, 0.6) is 0 Å².